The number of hydrogen-bond acceptors (Lipinski definition) is 1. The largest absolute Gasteiger partial charge is 0.380 e. The number of hydrogen-bond donors (Lipinski definition) is 1. The van der Waals surface area contributed by atoms with E-state index in [1.54, 1.807) is 0 Å². The lowest BCUT2D eigenvalue weighted by Crippen LogP contribution is -2.23. The number of allylic oxidation sites excluding steroid dienone is 1. The Morgan fingerprint density at radius 2 is 1.44 bits per heavy atom. The lowest BCUT2D eigenvalue weighted by molar-refractivity contribution is 0.840. The molecule has 0 saturated carbocycles. The van der Waals surface area contributed by atoms with Crippen LogP contribution in [0.1, 0.15) is 28.7 Å². The van der Waals surface area contributed by atoms with E-state index in [-0.39, 0.29) is 0 Å². The molecule has 0 atom stereocenters. The monoisotopic (exact) mass is 233 g/mol. The molecule has 0 spiro atoms. The zero-order chi connectivity index (χ0) is 11.9. The highest BCUT2D eigenvalue weighted by molar-refractivity contribution is 5.94. The van der Waals surface area contributed by atoms with Gasteiger partial charge in [0.15, 0.2) is 0 Å². The van der Waals surface area contributed by atoms with Gasteiger partial charge >= 0.3 is 0 Å². The van der Waals surface area contributed by atoms with Crippen LogP contribution in [0.4, 0.5) is 0 Å². The summed E-state index contributed by atoms with van der Waals surface area (Å²) in [5.41, 5.74) is 8.60. The fourth-order valence-corrected chi connectivity index (χ4v) is 3.15. The molecule has 1 heterocycles. The smallest absolute Gasteiger partial charge is 0.0458 e. The summed E-state index contributed by atoms with van der Waals surface area (Å²) in [4.78, 5) is 0. The van der Waals surface area contributed by atoms with Crippen molar-refractivity contribution in [3.63, 3.8) is 0 Å². The summed E-state index contributed by atoms with van der Waals surface area (Å²) in [6, 6.07) is 17.5. The second kappa shape index (κ2) is 3.74. The summed E-state index contributed by atoms with van der Waals surface area (Å²) < 4.78 is 0. The van der Waals surface area contributed by atoms with Gasteiger partial charge in [0, 0.05) is 17.8 Å². The van der Waals surface area contributed by atoms with Crippen molar-refractivity contribution in [3.05, 3.63) is 70.8 Å². The predicted octanol–water partition coefficient (Wildman–Crippen LogP) is 3.60. The van der Waals surface area contributed by atoms with E-state index in [9.17, 15) is 0 Å². The van der Waals surface area contributed by atoms with Crippen LogP contribution >= 0.6 is 0 Å². The van der Waals surface area contributed by atoms with Crippen LogP contribution in [-0.4, -0.2) is 0 Å². The Morgan fingerprint density at radius 1 is 0.722 bits per heavy atom. The Labute approximate surface area is 107 Å². The lowest BCUT2D eigenvalue weighted by Gasteiger charge is -2.30. The van der Waals surface area contributed by atoms with Gasteiger partial charge in [0.2, 0.25) is 0 Å². The highest BCUT2D eigenvalue weighted by atomic mass is 14.9. The zero-order valence-electron chi connectivity index (χ0n) is 10.2. The van der Waals surface area contributed by atoms with Crippen LogP contribution in [0.5, 0.6) is 0 Å². The highest BCUT2D eigenvalue weighted by Gasteiger charge is 2.24. The number of nitrogens with one attached hydrogen (secondary N) is 1. The molecule has 0 bridgehead atoms. The molecular weight excluding hydrogens is 218 g/mol. The summed E-state index contributed by atoms with van der Waals surface area (Å²) >= 11 is 0. The molecule has 0 aromatic heterocycles. The summed E-state index contributed by atoms with van der Waals surface area (Å²) in [5, 5.41) is 3.61. The standard InChI is InChI=1S/C17H15N/c1-4-8-15-12(5-1)9-10-16-14-7-3-2-6-13(14)11-18-17(15)16/h1-8,18H,9-11H2. The Kier molecular flexibility index (Phi) is 2.07. The molecule has 1 aliphatic carbocycles. The van der Waals surface area contributed by atoms with Crippen molar-refractivity contribution in [1.29, 1.82) is 0 Å². The number of aryl methyl sites for hydroxylation is 1. The minimum Gasteiger partial charge on any atom is -0.380 e. The van der Waals surface area contributed by atoms with Crippen LogP contribution in [0.25, 0.3) is 11.3 Å². The Bertz CT molecular complexity index is 595. The highest BCUT2D eigenvalue weighted by Crippen LogP contribution is 2.39. The molecule has 1 aliphatic heterocycles. The normalized spacial score (nSPS) is 16.4. The Morgan fingerprint density at radius 3 is 2.33 bits per heavy atom. The molecule has 0 amide bonds. The van der Waals surface area contributed by atoms with Crippen molar-refractivity contribution in [1.82, 2.24) is 5.32 Å². The van der Waals surface area contributed by atoms with E-state index in [0.29, 0.717) is 0 Å². The molecule has 4 rings (SSSR count). The van der Waals surface area contributed by atoms with E-state index in [4.69, 9.17) is 0 Å². The van der Waals surface area contributed by atoms with Gasteiger partial charge in [0.1, 0.15) is 0 Å². The van der Waals surface area contributed by atoms with E-state index >= 15 is 0 Å². The molecule has 0 radical (unpaired) electrons. The molecule has 2 aromatic carbocycles. The third kappa shape index (κ3) is 1.34. The summed E-state index contributed by atoms with van der Waals surface area (Å²) in [6.45, 7) is 0.948. The first-order valence-electron chi connectivity index (χ1n) is 6.57. The number of rotatable bonds is 0. The lowest BCUT2D eigenvalue weighted by atomic mass is 9.82. The third-order valence-electron chi connectivity index (χ3n) is 4.03. The fourth-order valence-electron chi connectivity index (χ4n) is 3.15. The second-order valence-electron chi connectivity index (χ2n) is 5.02. The molecule has 1 nitrogen and oxygen atoms in total. The summed E-state index contributed by atoms with van der Waals surface area (Å²) in [5.74, 6) is 0. The summed E-state index contributed by atoms with van der Waals surface area (Å²) in [6.07, 6.45) is 2.31. The molecule has 0 unspecified atom stereocenters. The van der Waals surface area contributed by atoms with Gasteiger partial charge in [-0.15, -0.1) is 0 Å². The molecule has 18 heavy (non-hydrogen) atoms. The van der Waals surface area contributed by atoms with Crippen molar-refractivity contribution < 1.29 is 0 Å². The zero-order valence-corrected chi connectivity index (χ0v) is 10.2. The van der Waals surface area contributed by atoms with Crippen molar-refractivity contribution in [2.45, 2.75) is 19.4 Å². The molecular formula is C17H15N. The van der Waals surface area contributed by atoms with Gasteiger partial charge < -0.3 is 5.32 Å². The molecule has 0 saturated heterocycles. The Hall–Kier alpha value is -2.02. The molecule has 1 N–H and O–H groups in total. The summed E-state index contributed by atoms with van der Waals surface area (Å²) in [7, 11) is 0. The fraction of sp³-hybridized carbons (Fsp3) is 0.176. The van der Waals surface area contributed by atoms with Crippen molar-refractivity contribution in [2.24, 2.45) is 0 Å². The molecule has 1 heteroatoms. The van der Waals surface area contributed by atoms with Gasteiger partial charge in [-0.1, -0.05) is 48.5 Å². The van der Waals surface area contributed by atoms with E-state index in [2.05, 4.69) is 53.8 Å². The van der Waals surface area contributed by atoms with Gasteiger partial charge in [-0.2, -0.15) is 0 Å². The van der Waals surface area contributed by atoms with E-state index in [1.807, 2.05) is 0 Å². The minimum absolute atomic E-state index is 0.948. The SMILES string of the molecule is c1ccc2c(c1)CNC1=C2CCc2ccccc21. The molecule has 2 aliphatic rings. The van der Waals surface area contributed by atoms with Crippen LogP contribution < -0.4 is 5.32 Å². The van der Waals surface area contributed by atoms with Gasteiger partial charge in [-0.25, -0.2) is 0 Å². The number of benzene rings is 2. The minimum atomic E-state index is 0.948. The van der Waals surface area contributed by atoms with Crippen LogP contribution in [0.3, 0.4) is 0 Å². The van der Waals surface area contributed by atoms with E-state index in [1.165, 1.54) is 33.5 Å². The topological polar surface area (TPSA) is 12.0 Å². The third-order valence-corrected chi connectivity index (χ3v) is 4.03. The second-order valence-corrected chi connectivity index (χ2v) is 5.02. The van der Waals surface area contributed by atoms with Gasteiger partial charge in [0.25, 0.3) is 0 Å². The van der Waals surface area contributed by atoms with Gasteiger partial charge in [-0.05, 0) is 35.1 Å². The van der Waals surface area contributed by atoms with Gasteiger partial charge in [0.05, 0.1) is 0 Å². The van der Waals surface area contributed by atoms with Crippen LogP contribution in [0.2, 0.25) is 0 Å². The average Bonchev–Trinajstić information content (AvgIpc) is 2.46. The predicted molar refractivity (Wildman–Crippen MR) is 74.9 cm³/mol. The van der Waals surface area contributed by atoms with Crippen LogP contribution in [-0.2, 0) is 13.0 Å². The first-order valence-corrected chi connectivity index (χ1v) is 6.57. The van der Waals surface area contributed by atoms with Crippen molar-refractivity contribution in [2.75, 3.05) is 0 Å². The van der Waals surface area contributed by atoms with Crippen LogP contribution in [0.15, 0.2) is 48.5 Å². The van der Waals surface area contributed by atoms with Crippen molar-refractivity contribution in [3.8, 4) is 0 Å². The van der Waals surface area contributed by atoms with Crippen molar-refractivity contribution >= 4 is 11.3 Å². The van der Waals surface area contributed by atoms with Crippen LogP contribution in [0, 0.1) is 0 Å². The molecule has 2 aromatic rings. The maximum absolute atomic E-state index is 3.61. The molecule has 0 fully saturated rings. The Balaban J connectivity index is 1.96. The first-order chi connectivity index (χ1) is 8.93. The average molecular weight is 233 g/mol. The quantitative estimate of drug-likeness (QED) is 0.733. The maximum atomic E-state index is 3.61. The first kappa shape index (κ1) is 9.95. The van der Waals surface area contributed by atoms with E-state index < -0.39 is 0 Å². The molecule has 88 valence electrons. The van der Waals surface area contributed by atoms with E-state index in [0.717, 1.165) is 19.4 Å². The van der Waals surface area contributed by atoms with Gasteiger partial charge in [-0.3, -0.25) is 0 Å². The number of fused-ring (bicyclic) bond motifs is 4. The maximum Gasteiger partial charge on any atom is 0.0458 e.